The second-order valence-electron chi connectivity index (χ2n) is 8.10. The zero-order valence-electron chi connectivity index (χ0n) is 18.1. The van der Waals surface area contributed by atoms with Crippen LogP contribution in [0.4, 0.5) is 5.82 Å². The molecule has 1 aromatic heterocycles. The molecule has 2 amide bonds. The first-order valence-corrected chi connectivity index (χ1v) is 10.3. The quantitative estimate of drug-likeness (QED) is 0.663. The maximum absolute atomic E-state index is 12.7. The van der Waals surface area contributed by atoms with E-state index in [9.17, 15) is 9.59 Å². The van der Waals surface area contributed by atoms with Crippen molar-refractivity contribution < 1.29 is 9.59 Å². The van der Waals surface area contributed by atoms with Crippen molar-refractivity contribution in [1.29, 1.82) is 0 Å². The number of carbonyl (C=O) groups is 2. The van der Waals surface area contributed by atoms with Gasteiger partial charge in [-0.25, -0.2) is 4.98 Å². The van der Waals surface area contributed by atoms with Gasteiger partial charge < -0.3 is 10.2 Å². The number of carbonyl (C=O) groups excluding carboxylic acids is 2. The molecular weight excluding hydrogens is 388 g/mol. The van der Waals surface area contributed by atoms with E-state index in [1.165, 1.54) is 16.3 Å². The molecule has 0 fully saturated rings. The second kappa shape index (κ2) is 8.70. The summed E-state index contributed by atoms with van der Waals surface area (Å²) in [5.74, 6) is 0.437. The van der Waals surface area contributed by atoms with Crippen LogP contribution < -0.4 is 5.32 Å². The number of amides is 2. The Morgan fingerprint density at radius 2 is 2.03 bits per heavy atom. The molecule has 1 N–H and O–H groups in total. The first-order valence-electron chi connectivity index (χ1n) is 10.3. The van der Waals surface area contributed by atoms with Gasteiger partial charge >= 0.3 is 0 Å². The zero-order valence-corrected chi connectivity index (χ0v) is 18.1. The number of benzene rings is 2. The smallest absolute Gasteiger partial charge is 0.246 e. The van der Waals surface area contributed by atoms with E-state index in [-0.39, 0.29) is 11.8 Å². The number of rotatable bonds is 4. The van der Waals surface area contributed by atoms with Crippen LogP contribution in [0, 0.1) is 6.92 Å². The minimum atomic E-state index is -0.0760. The van der Waals surface area contributed by atoms with Gasteiger partial charge in [-0.2, -0.15) is 0 Å². The molecule has 0 saturated heterocycles. The largest absolute Gasteiger partial charge is 0.338 e. The second-order valence-corrected chi connectivity index (χ2v) is 8.10. The summed E-state index contributed by atoms with van der Waals surface area (Å²) in [6, 6.07) is 14.4. The minimum Gasteiger partial charge on any atom is -0.338 e. The van der Waals surface area contributed by atoms with Crippen LogP contribution in [-0.2, 0) is 22.7 Å². The van der Waals surface area contributed by atoms with Crippen LogP contribution in [0.1, 0.15) is 22.3 Å². The fourth-order valence-corrected chi connectivity index (χ4v) is 3.89. The monoisotopic (exact) mass is 414 g/mol. The summed E-state index contributed by atoms with van der Waals surface area (Å²) in [5.41, 5.74) is 4.09. The molecule has 3 aromatic rings. The van der Waals surface area contributed by atoms with Crippen LogP contribution in [-0.4, -0.2) is 47.2 Å². The first-order chi connectivity index (χ1) is 14.9. The summed E-state index contributed by atoms with van der Waals surface area (Å²) in [5, 5.41) is 5.23. The Bertz CT molecular complexity index is 1190. The van der Waals surface area contributed by atoms with Crippen molar-refractivity contribution in [2.24, 2.45) is 0 Å². The highest BCUT2D eigenvalue weighted by Crippen LogP contribution is 2.23. The molecule has 6 heteroatoms. The summed E-state index contributed by atoms with van der Waals surface area (Å²) in [7, 11) is 3.70. The van der Waals surface area contributed by atoms with E-state index in [1.54, 1.807) is 30.3 Å². The lowest BCUT2D eigenvalue weighted by Gasteiger charge is -2.18. The highest BCUT2D eigenvalue weighted by atomic mass is 16.2. The fourth-order valence-electron chi connectivity index (χ4n) is 3.89. The summed E-state index contributed by atoms with van der Waals surface area (Å²) in [4.78, 5) is 32.5. The number of nitrogens with one attached hydrogen (secondary N) is 1. The number of anilines is 1. The van der Waals surface area contributed by atoms with E-state index < -0.39 is 0 Å². The molecule has 2 aromatic carbocycles. The van der Waals surface area contributed by atoms with Crippen molar-refractivity contribution in [3.8, 4) is 0 Å². The molecule has 0 atom stereocenters. The lowest BCUT2D eigenvalue weighted by atomic mass is 10.00. The molecule has 0 unspecified atom stereocenters. The van der Waals surface area contributed by atoms with Crippen molar-refractivity contribution in [3.05, 3.63) is 77.0 Å². The number of nitrogens with zero attached hydrogens (tertiary/aromatic N) is 3. The number of likely N-dealkylation sites (N-methyl/N-ethyl adjacent to an activating group) is 2. The first kappa shape index (κ1) is 20.8. The summed E-state index contributed by atoms with van der Waals surface area (Å²) in [6.07, 6.45) is 5.01. The van der Waals surface area contributed by atoms with Crippen LogP contribution in [0.25, 0.3) is 16.8 Å². The van der Waals surface area contributed by atoms with Crippen molar-refractivity contribution in [3.63, 3.8) is 0 Å². The number of aromatic nitrogens is 1. The third-order valence-electron chi connectivity index (χ3n) is 5.61. The van der Waals surface area contributed by atoms with Gasteiger partial charge in [0.25, 0.3) is 0 Å². The Morgan fingerprint density at radius 3 is 2.87 bits per heavy atom. The molecule has 0 saturated carbocycles. The van der Waals surface area contributed by atoms with Crippen molar-refractivity contribution >= 4 is 34.5 Å². The molecule has 0 aliphatic carbocycles. The molecule has 1 aliphatic heterocycles. The Labute approximate surface area is 182 Å². The predicted molar refractivity (Wildman–Crippen MR) is 123 cm³/mol. The molecule has 31 heavy (non-hydrogen) atoms. The Kier molecular flexibility index (Phi) is 5.82. The zero-order chi connectivity index (χ0) is 22.0. The lowest BCUT2D eigenvalue weighted by molar-refractivity contribution is -0.125. The normalized spacial score (nSPS) is 14.4. The van der Waals surface area contributed by atoms with E-state index >= 15 is 0 Å². The van der Waals surface area contributed by atoms with E-state index in [0.29, 0.717) is 25.5 Å². The van der Waals surface area contributed by atoms with Gasteiger partial charge in [-0.15, -0.1) is 0 Å². The molecule has 0 bridgehead atoms. The number of hydrogen-bond acceptors (Lipinski definition) is 4. The molecule has 0 spiro atoms. The Morgan fingerprint density at radius 1 is 1.23 bits per heavy atom. The van der Waals surface area contributed by atoms with Crippen molar-refractivity contribution in [1.82, 2.24) is 14.8 Å². The topological polar surface area (TPSA) is 65.5 Å². The number of aryl methyl sites for hydroxylation is 1. The molecule has 0 radical (unpaired) electrons. The average molecular weight is 415 g/mol. The maximum Gasteiger partial charge on any atom is 0.246 e. The Balaban J connectivity index is 1.47. The minimum absolute atomic E-state index is 0.0715. The number of hydrogen-bond donors (Lipinski definition) is 1. The molecule has 2 heterocycles. The predicted octanol–water partition coefficient (Wildman–Crippen LogP) is 3.60. The number of pyridine rings is 1. The highest BCUT2D eigenvalue weighted by molar-refractivity contribution is 5.93. The Hall–Kier alpha value is -3.51. The van der Waals surface area contributed by atoms with Gasteiger partial charge in [0, 0.05) is 38.0 Å². The van der Waals surface area contributed by atoms with Gasteiger partial charge in [0.1, 0.15) is 5.82 Å². The van der Waals surface area contributed by atoms with Gasteiger partial charge in [0.2, 0.25) is 11.8 Å². The lowest BCUT2D eigenvalue weighted by Crippen LogP contribution is -2.26. The third kappa shape index (κ3) is 4.64. The van der Waals surface area contributed by atoms with Crippen molar-refractivity contribution in [2.45, 2.75) is 20.0 Å². The van der Waals surface area contributed by atoms with Gasteiger partial charge in [-0.05, 0) is 53.6 Å². The molecule has 6 nitrogen and oxygen atoms in total. The summed E-state index contributed by atoms with van der Waals surface area (Å²) in [6.45, 7) is 3.60. The average Bonchev–Trinajstić information content (AvgIpc) is 2.89. The van der Waals surface area contributed by atoms with Crippen LogP contribution in [0.2, 0.25) is 0 Å². The summed E-state index contributed by atoms with van der Waals surface area (Å²) < 4.78 is 0. The molecule has 158 valence electrons. The molecular formula is C25H26N4O2. The summed E-state index contributed by atoms with van der Waals surface area (Å²) >= 11 is 0. The van der Waals surface area contributed by atoms with Crippen molar-refractivity contribution in [2.75, 3.05) is 26.0 Å². The molecule has 4 rings (SSSR count). The fraction of sp³-hybridized carbons (Fsp3) is 0.240. The third-order valence-corrected chi connectivity index (χ3v) is 5.61. The number of fused-ring (bicyclic) bond motifs is 2. The van der Waals surface area contributed by atoms with Gasteiger partial charge in [-0.3, -0.25) is 14.5 Å². The van der Waals surface area contributed by atoms with Crippen LogP contribution in [0.15, 0.2) is 54.7 Å². The van der Waals surface area contributed by atoms with E-state index in [1.807, 2.05) is 30.1 Å². The SMILES string of the molecule is Cc1c(CN(C)C(=O)/C=C/c2cnc3c(c2)CN(C)CC(=O)N3)ccc2ccccc12. The van der Waals surface area contributed by atoms with E-state index in [4.69, 9.17) is 0 Å². The van der Waals surface area contributed by atoms with Gasteiger partial charge in [0.15, 0.2) is 0 Å². The van der Waals surface area contributed by atoms with Gasteiger partial charge in [0.05, 0.1) is 6.54 Å². The van der Waals surface area contributed by atoms with E-state index in [0.717, 1.165) is 16.7 Å². The highest BCUT2D eigenvalue weighted by Gasteiger charge is 2.17. The maximum atomic E-state index is 12.7. The standard InChI is InChI=1S/C25H26N4O2/c1-17-20(10-9-19-6-4-5-7-22(17)19)15-29(3)24(31)11-8-18-12-21-14-28(2)16-23(30)27-25(21)26-13-18/h4-13H,14-16H2,1-3H3,(H,26,27,30)/b11-8+. The van der Waals surface area contributed by atoms with Gasteiger partial charge in [-0.1, -0.05) is 36.4 Å². The molecule has 1 aliphatic rings. The van der Waals surface area contributed by atoms with Crippen LogP contribution in [0.3, 0.4) is 0 Å². The van der Waals surface area contributed by atoms with Crippen LogP contribution >= 0.6 is 0 Å². The van der Waals surface area contributed by atoms with E-state index in [2.05, 4.69) is 41.5 Å². The van der Waals surface area contributed by atoms with Crippen LogP contribution in [0.5, 0.6) is 0 Å².